The molecule has 4 aromatic rings. The molecule has 9 heteroatoms. The number of anilines is 1. The van der Waals surface area contributed by atoms with Gasteiger partial charge in [0.2, 0.25) is 0 Å². The number of nitrogens with one attached hydrogen (secondary N) is 1. The Hall–Kier alpha value is -3.59. The van der Waals surface area contributed by atoms with E-state index in [0.717, 1.165) is 48.5 Å². The van der Waals surface area contributed by atoms with E-state index in [1.54, 1.807) is 0 Å². The molecule has 0 radical (unpaired) electrons. The number of ether oxygens (including phenoxy) is 1. The summed E-state index contributed by atoms with van der Waals surface area (Å²) in [6, 6.07) is 9.30. The van der Waals surface area contributed by atoms with Crippen molar-refractivity contribution >= 4 is 28.4 Å². The van der Waals surface area contributed by atoms with Crippen LogP contribution in [0.1, 0.15) is 25.5 Å². The number of piperidine rings is 1. The zero-order chi connectivity index (χ0) is 22.2. The van der Waals surface area contributed by atoms with Crippen molar-refractivity contribution in [3.8, 4) is 11.3 Å². The highest BCUT2D eigenvalue weighted by molar-refractivity contribution is 5.80. The third-order valence-corrected chi connectivity index (χ3v) is 6.02. The van der Waals surface area contributed by atoms with Crippen molar-refractivity contribution in [3.63, 3.8) is 0 Å². The Labute approximate surface area is 183 Å². The van der Waals surface area contributed by atoms with Gasteiger partial charge in [0, 0.05) is 24.0 Å². The molecule has 0 unspecified atom stereocenters. The summed E-state index contributed by atoms with van der Waals surface area (Å²) in [5.74, 6) is -0.622. The van der Waals surface area contributed by atoms with Gasteiger partial charge in [0.15, 0.2) is 5.58 Å². The van der Waals surface area contributed by atoms with Gasteiger partial charge in [-0.25, -0.2) is 9.78 Å². The minimum absolute atomic E-state index is 0.0394. The van der Waals surface area contributed by atoms with Crippen molar-refractivity contribution in [3.05, 3.63) is 52.8 Å². The molecule has 1 fully saturated rings. The maximum absolute atomic E-state index is 12.1. The van der Waals surface area contributed by atoms with Gasteiger partial charge in [-0.05, 0) is 57.1 Å². The fraction of sp³-hybridized carbons (Fsp3) is 0.348. The number of nitrogens with two attached hydrogens (primary N) is 1. The number of carbonyl (C=O) groups excluding carboxylic acids is 1. The molecule has 9 nitrogen and oxygen atoms in total. The van der Waals surface area contributed by atoms with Crippen molar-refractivity contribution in [2.45, 2.75) is 26.3 Å². The molecule has 0 spiro atoms. The van der Waals surface area contributed by atoms with Gasteiger partial charge in [-0.15, -0.1) is 0 Å². The van der Waals surface area contributed by atoms with E-state index in [0.29, 0.717) is 29.9 Å². The minimum atomic E-state index is -0.482. The predicted octanol–water partition coefficient (Wildman–Crippen LogP) is 2.79. The number of likely N-dealkylation sites (tertiary alicyclic amines) is 1. The lowest BCUT2D eigenvalue weighted by atomic mass is 9.96. The molecule has 1 aliphatic rings. The molecule has 5 rings (SSSR count). The van der Waals surface area contributed by atoms with Crippen LogP contribution in [0.4, 0.5) is 5.69 Å². The maximum atomic E-state index is 12.1. The van der Waals surface area contributed by atoms with Gasteiger partial charge in [0.25, 0.3) is 0 Å². The van der Waals surface area contributed by atoms with E-state index in [-0.39, 0.29) is 11.9 Å². The van der Waals surface area contributed by atoms with Crippen LogP contribution in [0.2, 0.25) is 0 Å². The third-order valence-electron chi connectivity index (χ3n) is 6.02. The van der Waals surface area contributed by atoms with E-state index < -0.39 is 5.76 Å². The molecule has 3 aromatic heterocycles. The first kappa shape index (κ1) is 20.3. The molecular formula is C23H25N5O4. The van der Waals surface area contributed by atoms with Crippen molar-refractivity contribution in [2.24, 2.45) is 5.92 Å². The SMILES string of the molecule is CCOC(=O)C1CCN(Cc2c(-c3ccc4[nH]c(=O)oc4c3)nc3ccc(N)cn23)CC1. The lowest BCUT2D eigenvalue weighted by molar-refractivity contribution is -0.149. The molecule has 32 heavy (non-hydrogen) atoms. The number of oxazole rings is 1. The number of imidazole rings is 1. The number of fused-ring (bicyclic) bond motifs is 2. The van der Waals surface area contributed by atoms with Crippen LogP contribution in [0, 0.1) is 5.92 Å². The maximum Gasteiger partial charge on any atom is 0.417 e. The van der Waals surface area contributed by atoms with Crippen LogP contribution in [0.25, 0.3) is 28.0 Å². The average molecular weight is 435 g/mol. The standard InChI is InChI=1S/C23H25N5O4/c1-2-31-22(29)14-7-9-27(10-8-14)13-18-21(26-20-6-4-16(24)12-28(18)20)15-3-5-17-19(11-15)32-23(30)25-17/h3-6,11-12,14H,2,7-10,13,24H2,1H3,(H,25,30). The van der Waals surface area contributed by atoms with E-state index in [2.05, 4.69) is 9.88 Å². The van der Waals surface area contributed by atoms with Crippen molar-refractivity contribution in [2.75, 3.05) is 25.4 Å². The summed E-state index contributed by atoms with van der Waals surface area (Å²) in [6.07, 6.45) is 3.42. The molecule has 1 aromatic carbocycles. The molecule has 1 aliphatic heterocycles. The summed E-state index contributed by atoms with van der Waals surface area (Å²) < 4.78 is 12.4. The number of hydrogen-bond acceptors (Lipinski definition) is 7. The number of rotatable bonds is 5. The summed E-state index contributed by atoms with van der Waals surface area (Å²) >= 11 is 0. The lowest BCUT2D eigenvalue weighted by Crippen LogP contribution is -2.36. The van der Waals surface area contributed by atoms with Crippen molar-refractivity contribution < 1.29 is 13.9 Å². The summed E-state index contributed by atoms with van der Waals surface area (Å²) in [6.45, 7) is 4.50. The highest BCUT2D eigenvalue weighted by Gasteiger charge is 2.27. The van der Waals surface area contributed by atoms with Crippen LogP contribution in [0.5, 0.6) is 0 Å². The van der Waals surface area contributed by atoms with E-state index in [1.165, 1.54) is 0 Å². The Kier molecular flexibility index (Phi) is 5.18. The predicted molar refractivity (Wildman–Crippen MR) is 120 cm³/mol. The average Bonchev–Trinajstić information content (AvgIpc) is 3.33. The second-order valence-electron chi connectivity index (χ2n) is 8.13. The van der Waals surface area contributed by atoms with Gasteiger partial charge in [-0.3, -0.25) is 14.7 Å². The van der Waals surface area contributed by atoms with Gasteiger partial charge in [-0.1, -0.05) is 6.07 Å². The number of nitrogen functional groups attached to an aromatic ring is 1. The molecule has 0 amide bonds. The number of H-pyrrole nitrogens is 1. The zero-order valence-electron chi connectivity index (χ0n) is 17.8. The van der Waals surface area contributed by atoms with Crippen LogP contribution in [-0.2, 0) is 16.1 Å². The molecule has 166 valence electrons. The largest absolute Gasteiger partial charge is 0.466 e. The molecule has 3 N–H and O–H groups in total. The smallest absolute Gasteiger partial charge is 0.417 e. The summed E-state index contributed by atoms with van der Waals surface area (Å²) in [5, 5.41) is 0. The molecular weight excluding hydrogens is 410 g/mol. The number of pyridine rings is 1. The summed E-state index contributed by atoms with van der Waals surface area (Å²) in [4.78, 5) is 33.5. The number of aromatic nitrogens is 3. The van der Waals surface area contributed by atoms with Gasteiger partial charge in [0.05, 0.1) is 29.4 Å². The van der Waals surface area contributed by atoms with Gasteiger partial charge in [-0.2, -0.15) is 0 Å². The summed E-state index contributed by atoms with van der Waals surface area (Å²) in [5.41, 5.74) is 11.3. The van der Waals surface area contributed by atoms with E-state index in [1.807, 2.05) is 47.9 Å². The van der Waals surface area contributed by atoms with Gasteiger partial charge < -0.3 is 19.3 Å². The van der Waals surface area contributed by atoms with Crippen LogP contribution >= 0.6 is 0 Å². The van der Waals surface area contributed by atoms with Crippen LogP contribution in [0.3, 0.4) is 0 Å². The highest BCUT2D eigenvalue weighted by Crippen LogP contribution is 2.30. The first-order chi connectivity index (χ1) is 15.5. The van der Waals surface area contributed by atoms with Crippen LogP contribution in [0.15, 0.2) is 45.7 Å². The Morgan fingerprint density at radius 2 is 2.09 bits per heavy atom. The quantitative estimate of drug-likeness (QED) is 0.463. The molecule has 0 atom stereocenters. The third kappa shape index (κ3) is 3.75. The number of carbonyl (C=O) groups is 1. The first-order valence-corrected chi connectivity index (χ1v) is 10.8. The second kappa shape index (κ2) is 8.16. The zero-order valence-corrected chi connectivity index (χ0v) is 17.8. The van der Waals surface area contributed by atoms with E-state index in [9.17, 15) is 9.59 Å². The van der Waals surface area contributed by atoms with E-state index in [4.69, 9.17) is 19.9 Å². The van der Waals surface area contributed by atoms with Crippen molar-refractivity contribution in [1.82, 2.24) is 19.3 Å². The number of hydrogen-bond donors (Lipinski definition) is 2. The number of esters is 1. The van der Waals surface area contributed by atoms with Crippen molar-refractivity contribution in [1.29, 1.82) is 0 Å². The second-order valence-corrected chi connectivity index (χ2v) is 8.13. The Balaban J connectivity index is 1.48. The molecule has 0 aliphatic carbocycles. The molecule has 0 bridgehead atoms. The van der Waals surface area contributed by atoms with Gasteiger partial charge in [0.1, 0.15) is 5.65 Å². The number of benzene rings is 1. The molecule has 4 heterocycles. The van der Waals surface area contributed by atoms with Crippen LogP contribution in [-0.4, -0.2) is 44.9 Å². The fourth-order valence-electron chi connectivity index (χ4n) is 4.38. The summed E-state index contributed by atoms with van der Waals surface area (Å²) in [7, 11) is 0. The number of aromatic amines is 1. The Morgan fingerprint density at radius 3 is 2.88 bits per heavy atom. The first-order valence-electron chi connectivity index (χ1n) is 10.8. The fourth-order valence-corrected chi connectivity index (χ4v) is 4.38. The Morgan fingerprint density at radius 1 is 1.28 bits per heavy atom. The minimum Gasteiger partial charge on any atom is -0.466 e. The topological polar surface area (TPSA) is 119 Å². The Bertz CT molecular complexity index is 1340. The number of nitrogens with zero attached hydrogens (tertiary/aromatic N) is 3. The molecule has 0 saturated carbocycles. The lowest BCUT2D eigenvalue weighted by Gasteiger charge is -2.30. The molecule has 1 saturated heterocycles. The monoisotopic (exact) mass is 435 g/mol. The normalized spacial score (nSPS) is 15.5. The van der Waals surface area contributed by atoms with Crippen LogP contribution < -0.4 is 11.5 Å². The van der Waals surface area contributed by atoms with E-state index >= 15 is 0 Å². The highest BCUT2D eigenvalue weighted by atomic mass is 16.5. The van der Waals surface area contributed by atoms with Gasteiger partial charge >= 0.3 is 11.7 Å².